The summed E-state index contributed by atoms with van der Waals surface area (Å²) in [6.07, 6.45) is 3.81. The Morgan fingerprint density at radius 1 is 1.35 bits per heavy atom. The normalized spacial score (nSPS) is 17.9. The Hall–Kier alpha value is -2.17. The maximum absolute atomic E-state index is 11.5. The van der Waals surface area contributed by atoms with Crippen molar-refractivity contribution in [1.82, 2.24) is 19.7 Å². The lowest BCUT2D eigenvalue weighted by atomic mass is 10.0. The summed E-state index contributed by atoms with van der Waals surface area (Å²) < 4.78 is 2.00. The molecule has 1 fully saturated rings. The number of hydrogen-bond acceptors (Lipinski definition) is 3. The van der Waals surface area contributed by atoms with E-state index < -0.39 is 0 Å². The number of rotatable bonds is 4. The first-order valence-corrected chi connectivity index (χ1v) is 8.30. The topological polar surface area (TPSA) is 51.0 Å². The van der Waals surface area contributed by atoms with Crippen LogP contribution in [0.4, 0.5) is 0 Å². The maximum atomic E-state index is 11.5. The molecule has 2 aromatic rings. The SMILES string of the molecule is CC(=O)N1CCC(Cc2cccc(-c3ccnn3C(C)C)n2)C1. The van der Waals surface area contributed by atoms with Crippen molar-refractivity contribution in [3.63, 3.8) is 0 Å². The zero-order chi connectivity index (χ0) is 16.4. The fourth-order valence-electron chi connectivity index (χ4n) is 3.25. The molecular formula is C18H24N4O. The molecule has 0 N–H and O–H groups in total. The van der Waals surface area contributed by atoms with Crippen LogP contribution in [0.1, 0.15) is 38.9 Å². The van der Waals surface area contributed by atoms with Gasteiger partial charge in [0, 0.05) is 37.9 Å². The summed E-state index contributed by atoms with van der Waals surface area (Å²) in [6.45, 7) is 7.61. The van der Waals surface area contributed by atoms with E-state index in [2.05, 4.69) is 31.1 Å². The minimum atomic E-state index is 0.176. The number of carbonyl (C=O) groups excluding carboxylic acids is 1. The molecule has 3 rings (SSSR count). The van der Waals surface area contributed by atoms with Crippen LogP contribution in [0.5, 0.6) is 0 Å². The summed E-state index contributed by atoms with van der Waals surface area (Å²) in [7, 11) is 0. The van der Waals surface area contributed by atoms with E-state index in [1.165, 1.54) is 0 Å². The Labute approximate surface area is 137 Å². The van der Waals surface area contributed by atoms with Gasteiger partial charge in [0.25, 0.3) is 0 Å². The number of aromatic nitrogens is 3. The Bertz CT molecular complexity index is 692. The van der Waals surface area contributed by atoms with Crippen molar-refractivity contribution in [2.75, 3.05) is 13.1 Å². The summed E-state index contributed by atoms with van der Waals surface area (Å²) in [4.78, 5) is 18.2. The maximum Gasteiger partial charge on any atom is 0.219 e. The summed E-state index contributed by atoms with van der Waals surface area (Å²) >= 11 is 0. The molecule has 1 aliphatic heterocycles. The van der Waals surface area contributed by atoms with Crippen LogP contribution in [0.2, 0.25) is 0 Å². The zero-order valence-electron chi connectivity index (χ0n) is 14.1. The molecular weight excluding hydrogens is 288 g/mol. The molecule has 1 saturated heterocycles. The minimum Gasteiger partial charge on any atom is -0.343 e. The fraction of sp³-hybridized carbons (Fsp3) is 0.500. The molecule has 3 heterocycles. The molecule has 0 saturated carbocycles. The third kappa shape index (κ3) is 3.44. The highest BCUT2D eigenvalue weighted by Gasteiger charge is 2.24. The number of pyridine rings is 1. The summed E-state index contributed by atoms with van der Waals surface area (Å²) in [5, 5.41) is 4.39. The van der Waals surface area contributed by atoms with E-state index in [-0.39, 0.29) is 5.91 Å². The molecule has 1 unspecified atom stereocenters. The Kier molecular flexibility index (Phi) is 4.46. The average molecular weight is 312 g/mol. The highest BCUT2D eigenvalue weighted by Crippen LogP contribution is 2.23. The van der Waals surface area contributed by atoms with Gasteiger partial charge < -0.3 is 4.90 Å². The van der Waals surface area contributed by atoms with Crippen LogP contribution in [0.25, 0.3) is 11.4 Å². The van der Waals surface area contributed by atoms with E-state index >= 15 is 0 Å². The molecule has 2 aromatic heterocycles. The molecule has 0 aliphatic carbocycles. The van der Waals surface area contributed by atoms with Crippen molar-refractivity contribution >= 4 is 5.91 Å². The lowest BCUT2D eigenvalue weighted by molar-refractivity contribution is -0.127. The van der Waals surface area contributed by atoms with Crippen LogP contribution in [-0.2, 0) is 11.2 Å². The third-order valence-electron chi connectivity index (χ3n) is 4.46. The molecule has 1 aliphatic rings. The second-order valence-corrected chi connectivity index (χ2v) is 6.59. The van der Waals surface area contributed by atoms with Gasteiger partial charge in [-0.15, -0.1) is 0 Å². The lowest BCUT2D eigenvalue weighted by Crippen LogP contribution is -2.26. The Balaban J connectivity index is 1.76. The third-order valence-corrected chi connectivity index (χ3v) is 4.46. The second-order valence-electron chi connectivity index (χ2n) is 6.59. The lowest BCUT2D eigenvalue weighted by Gasteiger charge is -2.14. The van der Waals surface area contributed by atoms with Crippen molar-refractivity contribution in [1.29, 1.82) is 0 Å². The highest BCUT2D eigenvalue weighted by atomic mass is 16.2. The summed E-state index contributed by atoms with van der Waals surface area (Å²) in [5.74, 6) is 0.687. The van der Waals surface area contributed by atoms with E-state index in [0.717, 1.165) is 43.0 Å². The quantitative estimate of drug-likeness (QED) is 0.872. The van der Waals surface area contributed by atoms with Crippen LogP contribution in [0.15, 0.2) is 30.5 Å². The van der Waals surface area contributed by atoms with Gasteiger partial charge in [-0.05, 0) is 50.8 Å². The summed E-state index contributed by atoms with van der Waals surface area (Å²) in [5.41, 5.74) is 3.11. The number of amides is 1. The van der Waals surface area contributed by atoms with Gasteiger partial charge in [0.2, 0.25) is 5.91 Å². The molecule has 122 valence electrons. The predicted octanol–water partition coefficient (Wildman–Crippen LogP) is 2.94. The van der Waals surface area contributed by atoms with Crippen molar-refractivity contribution in [3.8, 4) is 11.4 Å². The average Bonchev–Trinajstić information content (AvgIpc) is 3.16. The van der Waals surface area contributed by atoms with E-state index in [9.17, 15) is 4.79 Å². The van der Waals surface area contributed by atoms with Crippen LogP contribution >= 0.6 is 0 Å². The van der Waals surface area contributed by atoms with E-state index in [1.807, 2.05) is 27.9 Å². The van der Waals surface area contributed by atoms with Gasteiger partial charge in [0.1, 0.15) is 0 Å². The first-order valence-electron chi connectivity index (χ1n) is 8.30. The Morgan fingerprint density at radius 3 is 2.87 bits per heavy atom. The van der Waals surface area contributed by atoms with Gasteiger partial charge in [0.15, 0.2) is 0 Å². The standard InChI is InChI=1S/C18H24N4O/c1-13(2)22-18(7-9-19-22)17-6-4-5-16(20-17)11-15-8-10-21(12-15)14(3)23/h4-7,9,13,15H,8,10-12H2,1-3H3. The molecule has 5 nitrogen and oxygen atoms in total. The molecule has 0 spiro atoms. The molecule has 1 amide bonds. The van der Waals surface area contributed by atoms with Crippen LogP contribution in [0, 0.1) is 5.92 Å². The van der Waals surface area contributed by atoms with Gasteiger partial charge in [-0.3, -0.25) is 14.5 Å². The summed E-state index contributed by atoms with van der Waals surface area (Å²) in [6, 6.07) is 8.50. The number of hydrogen-bond donors (Lipinski definition) is 0. The van der Waals surface area contributed by atoms with E-state index in [0.29, 0.717) is 12.0 Å². The predicted molar refractivity (Wildman–Crippen MR) is 89.9 cm³/mol. The number of nitrogens with zero attached hydrogens (tertiary/aromatic N) is 4. The van der Waals surface area contributed by atoms with Crippen LogP contribution < -0.4 is 0 Å². The zero-order valence-corrected chi connectivity index (χ0v) is 14.1. The van der Waals surface area contributed by atoms with Gasteiger partial charge in [0.05, 0.1) is 11.4 Å². The van der Waals surface area contributed by atoms with Crippen molar-refractivity contribution in [3.05, 3.63) is 36.2 Å². The number of likely N-dealkylation sites (tertiary alicyclic amines) is 1. The Morgan fingerprint density at radius 2 is 2.17 bits per heavy atom. The van der Waals surface area contributed by atoms with Gasteiger partial charge in [-0.25, -0.2) is 0 Å². The van der Waals surface area contributed by atoms with Crippen molar-refractivity contribution < 1.29 is 4.79 Å². The van der Waals surface area contributed by atoms with Crippen molar-refractivity contribution in [2.24, 2.45) is 5.92 Å². The van der Waals surface area contributed by atoms with Crippen LogP contribution in [-0.4, -0.2) is 38.7 Å². The molecule has 5 heteroatoms. The molecule has 0 bridgehead atoms. The van der Waals surface area contributed by atoms with Gasteiger partial charge >= 0.3 is 0 Å². The van der Waals surface area contributed by atoms with Gasteiger partial charge in [-0.1, -0.05) is 6.07 Å². The van der Waals surface area contributed by atoms with E-state index in [4.69, 9.17) is 4.98 Å². The smallest absolute Gasteiger partial charge is 0.219 e. The van der Waals surface area contributed by atoms with Gasteiger partial charge in [-0.2, -0.15) is 5.10 Å². The highest BCUT2D eigenvalue weighted by molar-refractivity contribution is 5.73. The molecule has 1 atom stereocenters. The van der Waals surface area contributed by atoms with Crippen LogP contribution in [0.3, 0.4) is 0 Å². The largest absolute Gasteiger partial charge is 0.343 e. The fourth-order valence-corrected chi connectivity index (χ4v) is 3.25. The molecule has 0 aromatic carbocycles. The first kappa shape index (κ1) is 15.7. The minimum absolute atomic E-state index is 0.176. The van der Waals surface area contributed by atoms with Crippen molar-refractivity contribution in [2.45, 2.75) is 39.7 Å². The molecule has 23 heavy (non-hydrogen) atoms. The molecule has 0 radical (unpaired) electrons. The first-order chi connectivity index (χ1) is 11.0. The monoisotopic (exact) mass is 312 g/mol. The van der Waals surface area contributed by atoms with E-state index in [1.54, 1.807) is 6.92 Å². The second kappa shape index (κ2) is 6.52. The number of carbonyl (C=O) groups is 1.